The molecule has 0 unspecified atom stereocenters. The van der Waals surface area contributed by atoms with Gasteiger partial charge in [-0.2, -0.15) is 0 Å². The first kappa shape index (κ1) is 16.2. The Hall–Kier alpha value is -3.64. The molecule has 0 saturated heterocycles. The second kappa shape index (κ2) is 5.70. The van der Waals surface area contributed by atoms with Crippen LogP contribution >= 0.6 is 0 Å². The van der Waals surface area contributed by atoms with Gasteiger partial charge in [0.1, 0.15) is 0 Å². The first-order chi connectivity index (χ1) is 14.9. The van der Waals surface area contributed by atoms with Gasteiger partial charge in [-0.25, -0.2) is 0 Å². The third-order valence-electron chi connectivity index (χ3n) is 7.19. The normalized spacial score (nSPS) is 14.8. The zero-order chi connectivity index (χ0) is 19.7. The summed E-state index contributed by atoms with van der Waals surface area (Å²) in [5.74, 6) is 0. The van der Waals surface area contributed by atoms with E-state index in [0.29, 0.717) is 0 Å². The van der Waals surface area contributed by atoms with Crippen molar-refractivity contribution < 1.29 is 0 Å². The summed E-state index contributed by atoms with van der Waals surface area (Å²) in [4.78, 5) is 0. The summed E-state index contributed by atoms with van der Waals surface area (Å²) in [6.45, 7) is 0. The second-order valence-corrected chi connectivity index (χ2v) is 8.49. The molecule has 0 saturated carbocycles. The molecule has 1 spiro atoms. The van der Waals surface area contributed by atoms with Crippen molar-refractivity contribution in [3.05, 3.63) is 143 Å². The van der Waals surface area contributed by atoms with Crippen molar-refractivity contribution in [3.8, 4) is 11.1 Å². The molecule has 0 fully saturated rings. The van der Waals surface area contributed by atoms with Gasteiger partial charge in [-0.15, -0.1) is 0 Å². The van der Waals surface area contributed by atoms with E-state index in [-0.39, 0.29) is 5.41 Å². The van der Waals surface area contributed by atoms with Gasteiger partial charge >= 0.3 is 0 Å². The highest BCUT2D eigenvalue weighted by Gasteiger charge is 2.49. The number of benzene rings is 5. The number of hydrogen-bond acceptors (Lipinski definition) is 0. The molecule has 0 radical (unpaired) electrons. The minimum Gasteiger partial charge on any atom is -0.0620 e. The van der Waals surface area contributed by atoms with Crippen molar-refractivity contribution in [2.24, 2.45) is 0 Å². The van der Waals surface area contributed by atoms with Crippen LogP contribution in [0.3, 0.4) is 0 Å². The van der Waals surface area contributed by atoms with E-state index in [4.69, 9.17) is 0 Å². The minimum absolute atomic E-state index is 0.249. The van der Waals surface area contributed by atoms with E-state index >= 15 is 0 Å². The van der Waals surface area contributed by atoms with Gasteiger partial charge in [-0.3, -0.25) is 0 Å². The summed E-state index contributed by atoms with van der Waals surface area (Å²) < 4.78 is 0. The van der Waals surface area contributed by atoms with Crippen LogP contribution in [-0.4, -0.2) is 0 Å². The molecule has 140 valence electrons. The Labute approximate surface area is 176 Å². The fourth-order valence-corrected chi connectivity index (χ4v) is 6.07. The molecule has 0 atom stereocenters. The van der Waals surface area contributed by atoms with Crippen molar-refractivity contribution in [1.29, 1.82) is 0 Å². The van der Waals surface area contributed by atoms with Gasteiger partial charge in [0.05, 0.1) is 5.41 Å². The van der Waals surface area contributed by atoms with Crippen LogP contribution in [0.4, 0.5) is 0 Å². The van der Waals surface area contributed by atoms with E-state index in [2.05, 4.69) is 109 Å². The molecular weight excluding hydrogens is 360 g/mol. The quantitative estimate of drug-likeness (QED) is 0.263. The Kier molecular flexibility index (Phi) is 3.08. The smallest absolute Gasteiger partial charge is 0.0620 e. The lowest BCUT2D eigenvalue weighted by Crippen LogP contribution is -2.34. The maximum atomic E-state index is 2.40. The molecule has 7 rings (SSSR count). The molecule has 30 heavy (non-hydrogen) atoms. The average Bonchev–Trinajstić information content (AvgIpc) is 3.11. The van der Waals surface area contributed by atoms with Crippen LogP contribution in [0.5, 0.6) is 0 Å². The second-order valence-electron chi connectivity index (χ2n) is 8.49. The topological polar surface area (TPSA) is 0 Å². The van der Waals surface area contributed by atoms with Crippen LogP contribution in [0, 0.1) is 0 Å². The molecule has 2 aliphatic rings. The van der Waals surface area contributed by atoms with Crippen LogP contribution in [0.2, 0.25) is 0 Å². The molecule has 0 bridgehead atoms. The van der Waals surface area contributed by atoms with Crippen LogP contribution in [0.1, 0.15) is 33.4 Å². The Morgan fingerprint density at radius 2 is 1.07 bits per heavy atom. The van der Waals surface area contributed by atoms with Gasteiger partial charge in [-0.1, -0.05) is 109 Å². The van der Waals surface area contributed by atoms with E-state index in [0.717, 1.165) is 6.42 Å². The molecule has 0 aromatic heterocycles. The lowest BCUT2D eigenvalue weighted by atomic mass is 9.61. The Morgan fingerprint density at radius 1 is 0.467 bits per heavy atom. The van der Waals surface area contributed by atoms with Crippen molar-refractivity contribution >= 4 is 10.8 Å². The fraction of sp³-hybridized carbons (Fsp3) is 0.0667. The predicted octanol–water partition coefficient (Wildman–Crippen LogP) is 7.11. The number of fused-ring (bicyclic) bond motifs is 11. The predicted molar refractivity (Wildman–Crippen MR) is 124 cm³/mol. The average molecular weight is 380 g/mol. The van der Waals surface area contributed by atoms with Crippen LogP contribution in [-0.2, 0) is 11.8 Å². The monoisotopic (exact) mass is 380 g/mol. The van der Waals surface area contributed by atoms with Gasteiger partial charge in [0.2, 0.25) is 0 Å². The van der Waals surface area contributed by atoms with Gasteiger partial charge in [0, 0.05) is 0 Å². The molecular formula is C30H20. The van der Waals surface area contributed by atoms with Gasteiger partial charge in [0.25, 0.3) is 0 Å². The third kappa shape index (κ3) is 1.82. The molecule has 0 nitrogen and oxygen atoms in total. The molecule has 0 heterocycles. The molecule has 0 heteroatoms. The van der Waals surface area contributed by atoms with Crippen molar-refractivity contribution in [1.82, 2.24) is 0 Å². The maximum absolute atomic E-state index is 2.40. The Bertz CT molecular complexity index is 1430. The summed E-state index contributed by atoms with van der Waals surface area (Å²) >= 11 is 0. The molecule has 0 amide bonds. The first-order valence-corrected chi connectivity index (χ1v) is 10.7. The number of hydrogen-bond donors (Lipinski definition) is 0. The summed E-state index contributed by atoms with van der Waals surface area (Å²) in [5.41, 5.74) is 11.1. The van der Waals surface area contributed by atoms with Crippen LogP contribution in [0.15, 0.2) is 109 Å². The lowest BCUT2D eigenvalue weighted by molar-refractivity contribution is 0.725. The highest BCUT2D eigenvalue weighted by molar-refractivity contribution is 5.93. The van der Waals surface area contributed by atoms with E-state index in [1.54, 1.807) is 0 Å². The maximum Gasteiger partial charge on any atom is 0.0719 e. The largest absolute Gasteiger partial charge is 0.0719 e. The Balaban J connectivity index is 1.73. The molecule has 2 aliphatic carbocycles. The first-order valence-electron chi connectivity index (χ1n) is 10.7. The third-order valence-corrected chi connectivity index (χ3v) is 7.19. The molecule has 5 aromatic rings. The summed E-state index contributed by atoms with van der Waals surface area (Å²) in [6.07, 6.45) is 0.985. The van der Waals surface area contributed by atoms with E-state index in [1.165, 1.54) is 55.3 Å². The van der Waals surface area contributed by atoms with Crippen molar-refractivity contribution in [3.63, 3.8) is 0 Å². The summed E-state index contributed by atoms with van der Waals surface area (Å²) in [7, 11) is 0. The zero-order valence-corrected chi connectivity index (χ0v) is 16.6. The lowest BCUT2D eigenvalue weighted by Gasteiger charge is -2.40. The van der Waals surface area contributed by atoms with Crippen molar-refractivity contribution in [2.45, 2.75) is 11.8 Å². The summed E-state index contributed by atoms with van der Waals surface area (Å²) in [6, 6.07) is 40.6. The van der Waals surface area contributed by atoms with E-state index in [9.17, 15) is 0 Å². The minimum atomic E-state index is -0.249. The van der Waals surface area contributed by atoms with E-state index in [1.807, 2.05) is 0 Å². The zero-order valence-electron chi connectivity index (χ0n) is 16.6. The van der Waals surface area contributed by atoms with Crippen LogP contribution in [0.25, 0.3) is 21.9 Å². The standard InChI is InChI=1S/C30H20/c1-3-11-22-20(9-1)17-18-29-25(22)19-21-10-2-6-14-26(21)30(29)27-15-7-4-12-23(27)24-13-5-8-16-28(24)30/h1-18H,19H2. The van der Waals surface area contributed by atoms with Gasteiger partial charge in [0.15, 0.2) is 0 Å². The fourth-order valence-electron chi connectivity index (χ4n) is 6.07. The van der Waals surface area contributed by atoms with Crippen molar-refractivity contribution in [2.75, 3.05) is 0 Å². The van der Waals surface area contributed by atoms with Gasteiger partial charge in [-0.05, 0) is 61.7 Å². The molecule has 5 aromatic carbocycles. The molecule has 0 aliphatic heterocycles. The number of rotatable bonds is 0. The van der Waals surface area contributed by atoms with Gasteiger partial charge < -0.3 is 0 Å². The highest BCUT2D eigenvalue weighted by atomic mass is 14.5. The van der Waals surface area contributed by atoms with Crippen LogP contribution < -0.4 is 0 Å². The molecule has 0 N–H and O–H groups in total. The highest BCUT2D eigenvalue weighted by Crippen LogP contribution is 2.59. The Morgan fingerprint density at radius 3 is 1.83 bits per heavy atom. The summed E-state index contributed by atoms with van der Waals surface area (Å²) in [5, 5.41) is 2.70. The SMILES string of the molecule is c1ccc2c(c1)Cc1c(ccc3ccccc13)C21c2ccccc2-c2ccccc21. The van der Waals surface area contributed by atoms with E-state index < -0.39 is 0 Å².